The Labute approximate surface area is 138 Å². The molecule has 0 saturated carbocycles. The molecule has 9 heteroatoms. The van der Waals surface area contributed by atoms with Gasteiger partial charge in [0.2, 0.25) is 11.8 Å². The highest BCUT2D eigenvalue weighted by atomic mass is 32.2. The molecule has 23 heavy (non-hydrogen) atoms. The molecular formula is C14H21N3O5S. The van der Waals surface area contributed by atoms with E-state index in [9.17, 15) is 19.2 Å². The molecule has 1 aliphatic heterocycles. The second kappa shape index (κ2) is 9.29. The molecule has 0 radical (unpaired) electrons. The van der Waals surface area contributed by atoms with Crippen molar-refractivity contribution in [3.63, 3.8) is 0 Å². The van der Waals surface area contributed by atoms with Gasteiger partial charge in [0.05, 0.1) is 0 Å². The number of carboxylic acid groups (broad SMARTS) is 1. The van der Waals surface area contributed by atoms with Crippen molar-refractivity contribution >= 4 is 41.8 Å². The van der Waals surface area contributed by atoms with E-state index in [1.807, 2.05) is 13.2 Å². The van der Waals surface area contributed by atoms with E-state index in [4.69, 9.17) is 5.11 Å². The van der Waals surface area contributed by atoms with Gasteiger partial charge in [-0.3, -0.25) is 24.8 Å². The first-order chi connectivity index (χ1) is 10.9. The predicted molar refractivity (Wildman–Crippen MR) is 86.6 cm³/mol. The largest absolute Gasteiger partial charge is 0.480 e. The summed E-state index contributed by atoms with van der Waals surface area (Å²) >= 11 is 1.48. The number of hydrogen-bond acceptors (Lipinski definition) is 6. The van der Waals surface area contributed by atoms with Crippen molar-refractivity contribution in [2.45, 2.75) is 32.2 Å². The third kappa shape index (κ3) is 5.34. The molecule has 1 rings (SSSR count). The van der Waals surface area contributed by atoms with E-state index in [-0.39, 0.29) is 6.54 Å². The molecule has 2 N–H and O–H groups in total. The van der Waals surface area contributed by atoms with Crippen LogP contribution in [-0.2, 0) is 14.4 Å². The zero-order chi connectivity index (χ0) is 17.4. The van der Waals surface area contributed by atoms with Crippen molar-refractivity contribution in [3.05, 3.63) is 0 Å². The van der Waals surface area contributed by atoms with Crippen LogP contribution in [0.2, 0.25) is 0 Å². The lowest BCUT2D eigenvalue weighted by molar-refractivity contribution is -0.140. The van der Waals surface area contributed by atoms with Gasteiger partial charge < -0.3 is 5.11 Å². The minimum Gasteiger partial charge on any atom is -0.480 e. The summed E-state index contributed by atoms with van der Waals surface area (Å²) in [5, 5.41) is 11.2. The molecule has 8 nitrogen and oxygen atoms in total. The Morgan fingerprint density at radius 3 is 2.74 bits per heavy atom. The van der Waals surface area contributed by atoms with Crippen molar-refractivity contribution in [1.82, 2.24) is 10.2 Å². The Kier molecular flexibility index (Phi) is 7.73. The summed E-state index contributed by atoms with van der Waals surface area (Å²) < 4.78 is 0. The van der Waals surface area contributed by atoms with Gasteiger partial charge >= 0.3 is 12.0 Å². The van der Waals surface area contributed by atoms with Gasteiger partial charge in [0, 0.05) is 12.8 Å². The van der Waals surface area contributed by atoms with Crippen molar-refractivity contribution in [3.8, 4) is 0 Å². The summed E-state index contributed by atoms with van der Waals surface area (Å²) in [6.07, 6.45) is 4.61. The number of carboxylic acids is 1. The molecule has 1 saturated heterocycles. The molecule has 1 heterocycles. The van der Waals surface area contributed by atoms with Crippen LogP contribution in [0.1, 0.15) is 26.2 Å². The zero-order valence-electron chi connectivity index (χ0n) is 13.2. The first kappa shape index (κ1) is 19.1. The van der Waals surface area contributed by atoms with E-state index in [0.717, 1.165) is 17.5 Å². The number of thioether (sulfide) groups is 1. The minimum absolute atomic E-state index is 0.216. The molecule has 0 aromatic carbocycles. The fourth-order valence-electron chi connectivity index (χ4n) is 1.97. The first-order valence-electron chi connectivity index (χ1n) is 7.33. The molecule has 0 aromatic heterocycles. The van der Waals surface area contributed by atoms with E-state index >= 15 is 0 Å². The fourth-order valence-corrected chi connectivity index (χ4v) is 2.43. The highest BCUT2D eigenvalue weighted by Gasteiger charge is 2.39. The highest BCUT2D eigenvalue weighted by Crippen LogP contribution is 2.12. The summed E-state index contributed by atoms with van der Waals surface area (Å²) in [7, 11) is 0. The minimum atomic E-state index is -1.26. The SMILES string of the molecule is CCCCN1C(=O)NC(=O)[C@H](C=N[C@H](CCSC)C(=O)O)C1=O. The fraction of sp³-hybridized carbons (Fsp3) is 0.643. The van der Waals surface area contributed by atoms with E-state index in [0.29, 0.717) is 18.6 Å². The smallest absolute Gasteiger partial charge is 0.330 e. The Hall–Kier alpha value is -1.90. The summed E-state index contributed by atoms with van der Waals surface area (Å²) in [5.74, 6) is -3.21. The van der Waals surface area contributed by atoms with Gasteiger partial charge in [-0.05, 0) is 24.9 Å². The Morgan fingerprint density at radius 1 is 1.48 bits per heavy atom. The van der Waals surface area contributed by atoms with E-state index in [1.165, 1.54) is 11.8 Å². The van der Waals surface area contributed by atoms with Crippen LogP contribution in [0.5, 0.6) is 0 Å². The van der Waals surface area contributed by atoms with Crippen molar-refractivity contribution in [1.29, 1.82) is 0 Å². The molecule has 0 aromatic rings. The Morgan fingerprint density at radius 2 is 2.17 bits per heavy atom. The number of nitrogens with one attached hydrogen (secondary N) is 1. The maximum absolute atomic E-state index is 12.3. The predicted octanol–water partition coefficient (Wildman–Crippen LogP) is 0.758. The van der Waals surface area contributed by atoms with Crippen LogP contribution in [0.4, 0.5) is 4.79 Å². The molecule has 0 aliphatic carbocycles. The number of urea groups is 1. The summed E-state index contributed by atoms with van der Waals surface area (Å²) in [5.41, 5.74) is 0. The molecule has 0 spiro atoms. The summed E-state index contributed by atoms with van der Waals surface area (Å²) in [6.45, 7) is 2.13. The lowest BCUT2D eigenvalue weighted by atomic mass is 10.1. The van der Waals surface area contributed by atoms with Crippen LogP contribution < -0.4 is 5.32 Å². The molecule has 128 valence electrons. The third-order valence-corrected chi connectivity index (χ3v) is 3.96. The highest BCUT2D eigenvalue weighted by molar-refractivity contribution is 7.98. The second-order valence-corrected chi connectivity index (χ2v) is 6.03. The van der Waals surface area contributed by atoms with Gasteiger partial charge in [-0.1, -0.05) is 13.3 Å². The van der Waals surface area contributed by atoms with Crippen LogP contribution in [-0.4, -0.2) is 64.6 Å². The van der Waals surface area contributed by atoms with Crippen molar-refractivity contribution < 1.29 is 24.3 Å². The number of carbonyl (C=O) groups excluding carboxylic acids is 3. The standard InChI is InChI=1S/C14H21N3O5S/c1-3-4-6-17-12(19)9(11(18)16-14(17)22)8-15-10(13(20)21)5-7-23-2/h8-10H,3-7H2,1-2H3,(H,20,21)(H,16,18,22)/t9-,10+/m0/s1. The monoisotopic (exact) mass is 343 g/mol. The number of rotatable bonds is 9. The number of imide groups is 2. The van der Waals surface area contributed by atoms with E-state index in [1.54, 1.807) is 0 Å². The average Bonchev–Trinajstić information content (AvgIpc) is 2.49. The maximum atomic E-state index is 12.3. The molecule has 4 amide bonds. The molecule has 0 bridgehead atoms. The van der Waals surface area contributed by atoms with Crippen LogP contribution in [0, 0.1) is 5.92 Å². The number of barbiturate groups is 1. The number of hydrogen-bond donors (Lipinski definition) is 2. The number of amides is 4. The maximum Gasteiger partial charge on any atom is 0.330 e. The van der Waals surface area contributed by atoms with Gasteiger partial charge in [-0.2, -0.15) is 11.8 Å². The van der Waals surface area contributed by atoms with E-state index in [2.05, 4.69) is 10.3 Å². The van der Waals surface area contributed by atoms with Gasteiger partial charge in [0.25, 0.3) is 0 Å². The molecule has 2 atom stereocenters. The number of carbonyl (C=O) groups is 4. The van der Waals surface area contributed by atoms with E-state index < -0.39 is 35.8 Å². The molecule has 1 fully saturated rings. The lowest BCUT2D eigenvalue weighted by Crippen LogP contribution is -2.58. The third-order valence-electron chi connectivity index (χ3n) is 3.32. The average molecular weight is 343 g/mol. The topological polar surface area (TPSA) is 116 Å². The van der Waals surface area contributed by atoms with Gasteiger partial charge in [0.1, 0.15) is 6.04 Å². The van der Waals surface area contributed by atoms with Crippen molar-refractivity contribution in [2.75, 3.05) is 18.6 Å². The number of aliphatic imine (C=N–C) groups is 1. The number of aliphatic carboxylic acids is 1. The normalized spacial score (nSPS) is 20.0. The van der Waals surface area contributed by atoms with Gasteiger partial charge in [-0.15, -0.1) is 0 Å². The Balaban J connectivity index is 2.84. The van der Waals surface area contributed by atoms with Crippen LogP contribution in [0.15, 0.2) is 4.99 Å². The zero-order valence-corrected chi connectivity index (χ0v) is 14.0. The molecular weight excluding hydrogens is 322 g/mol. The summed E-state index contributed by atoms with van der Waals surface area (Å²) in [4.78, 5) is 51.7. The quantitative estimate of drug-likeness (QED) is 0.471. The van der Waals surface area contributed by atoms with Crippen LogP contribution >= 0.6 is 11.8 Å². The van der Waals surface area contributed by atoms with Gasteiger partial charge in [0.15, 0.2) is 5.92 Å². The van der Waals surface area contributed by atoms with Crippen LogP contribution in [0.25, 0.3) is 0 Å². The Bertz CT molecular complexity index is 509. The number of nitrogens with zero attached hydrogens (tertiary/aromatic N) is 2. The first-order valence-corrected chi connectivity index (χ1v) is 8.73. The molecule has 0 unspecified atom stereocenters. The summed E-state index contributed by atoms with van der Waals surface area (Å²) in [6, 6.07) is -1.75. The lowest BCUT2D eigenvalue weighted by Gasteiger charge is -2.28. The molecule has 1 aliphatic rings. The second-order valence-electron chi connectivity index (χ2n) is 5.05. The van der Waals surface area contributed by atoms with Crippen molar-refractivity contribution in [2.24, 2.45) is 10.9 Å². The number of unbranched alkanes of at least 4 members (excludes halogenated alkanes) is 1. The van der Waals surface area contributed by atoms with Gasteiger partial charge in [-0.25, -0.2) is 9.59 Å². The van der Waals surface area contributed by atoms with Crippen LogP contribution in [0.3, 0.4) is 0 Å².